The van der Waals surface area contributed by atoms with Gasteiger partial charge in [-0.3, -0.25) is 14.5 Å². The molecule has 2 amide bonds. The number of nitrogens with one attached hydrogen (secondary N) is 1. The third-order valence-electron chi connectivity index (χ3n) is 6.30. The third-order valence-corrected chi connectivity index (χ3v) is 7.25. The van der Waals surface area contributed by atoms with Crippen LogP contribution in [0.4, 0.5) is 5.69 Å². The lowest BCUT2D eigenvalue weighted by atomic mass is 9.93. The molecule has 1 unspecified atom stereocenters. The number of anilines is 1. The Morgan fingerprint density at radius 3 is 2.67 bits per heavy atom. The van der Waals surface area contributed by atoms with Gasteiger partial charge >= 0.3 is 0 Å². The fraction of sp³-hybridized carbons (Fsp3) is 0.231. The van der Waals surface area contributed by atoms with E-state index in [2.05, 4.69) is 5.32 Å². The number of carbonyl (C=O) groups excluding carboxylic acids is 2. The van der Waals surface area contributed by atoms with Gasteiger partial charge in [-0.05, 0) is 49.6 Å². The molecule has 1 atom stereocenters. The first-order valence-corrected chi connectivity index (χ1v) is 11.7. The van der Waals surface area contributed by atoms with Crippen LogP contribution in [0, 0.1) is 6.92 Å². The second kappa shape index (κ2) is 8.08. The largest absolute Gasteiger partial charge is 0.496 e. The molecular formula is C26H25N3O3S. The highest BCUT2D eigenvalue weighted by Crippen LogP contribution is 2.37. The first-order valence-electron chi connectivity index (χ1n) is 10.8. The lowest BCUT2D eigenvalue weighted by Gasteiger charge is -2.44. The van der Waals surface area contributed by atoms with Crippen LogP contribution in [-0.4, -0.2) is 29.0 Å². The van der Waals surface area contributed by atoms with E-state index in [1.807, 2.05) is 84.5 Å². The van der Waals surface area contributed by atoms with E-state index in [0.29, 0.717) is 30.2 Å². The molecule has 0 aliphatic carbocycles. The Labute approximate surface area is 196 Å². The van der Waals surface area contributed by atoms with Crippen LogP contribution in [-0.2, 0) is 17.9 Å². The molecular weight excluding hydrogens is 434 g/mol. The van der Waals surface area contributed by atoms with Crippen LogP contribution < -0.4 is 15.0 Å². The first kappa shape index (κ1) is 21.3. The lowest BCUT2D eigenvalue weighted by Crippen LogP contribution is -2.64. The molecule has 2 aromatic heterocycles. The molecule has 0 fully saturated rings. The molecule has 33 heavy (non-hydrogen) atoms. The van der Waals surface area contributed by atoms with Gasteiger partial charge < -0.3 is 14.6 Å². The summed E-state index contributed by atoms with van der Waals surface area (Å²) in [6.45, 7) is 4.51. The standard InChI is InChI=1S/C26H25N3O3S/c1-17-8-10-20(11-9-17)29-23(30)21-14-18-12-13-33-24(18)28(21)16-26(29,2)25(31)27-15-19-6-4-5-7-22(19)32-3/h4-14H,15-16H2,1-3H3,(H,27,31). The topological polar surface area (TPSA) is 63.6 Å². The molecule has 0 saturated carbocycles. The average molecular weight is 460 g/mol. The number of aromatic nitrogens is 1. The molecule has 1 aliphatic rings. The molecule has 5 rings (SSSR count). The zero-order chi connectivity index (χ0) is 23.2. The second-order valence-electron chi connectivity index (χ2n) is 8.54. The van der Waals surface area contributed by atoms with E-state index in [1.54, 1.807) is 23.3 Å². The summed E-state index contributed by atoms with van der Waals surface area (Å²) in [4.78, 5) is 30.2. The molecule has 0 bridgehead atoms. The number of methoxy groups -OCH3 is 1. The summed E-state index contributed by atoms with van der Waals surface area (Å²) in [6.07, 6.45) is 0. The van der Waals surface area contributed by atoms with Crippen molar-refractivity contribution in [2.24, 2.45) is 0 Å². The van der Waals surface area contributed by atoms with Crippen LogP contribution in [0.1, 0.15) is 28.5 Å². The summed E-state index contributed by atoms with van der Waals surface area (Å²) in [7, 11) is 1.61. The van der Waals surface area contributed by atoms with E-state index < -0.39 is 5.54 Å². The van der Waals surface area contributed by atoms with Crippen LogP contribution in [0.15, 0.2) is 66.0 Å². The zero-order valence-corrected chi connectivity index (χ0v) is 19.6. The van der Waals surface area contributed by atoms with E-state index >= 15 is 0 Å². The van der Waals surface area contributed by atoms with Gasteiger partial charge in [0.1, 0.15) is 21.8 Å². The van der Waals surface area contributed by atoms with E-state index in [1.165, 1.54) is 0 Å². The zero-order valence-electron chi connectivity index (χ0n) is 18.8. The summed E-state index contributed by atoms with van der Waals surface area (Å²) in [6, 6.07) is 19.2. The van der Waals surface area contributed by atoms with Crippen LogP contribution >= 0.6 is 11.3 Å². The number of thiophene rings is 1. The predicted molar refractivity (Wildman–Crippen MR) is 131 cm³/mol. The second-order valence-corrected chi connectivity index (χ2v) is 9.44. The van der Waals surface area contributed by atoms with Gasteiger partial charge in [0.05, 0.1) is 13.7 Å². The van der Waals surface area contributed by atoms with Gasteiger partial charge in [0.2, 0.25) is 5.91 Å². The Bertz CT molecular complexity index is 1350. The molecule has 4 aromatic rings. The number of rotatable bonds is 5. The van der Waals surface area contributed by atoms with Crippen molar-refractivity contribution in [3.05, 3.63) is 82.9 Å². The molecule has 3 heterocycles. The summed E-state index contributed by atoms with van der Waals surface area (Å²) in [5, 5.41) is 6.08. The molecule has 1 N–H and O–H groups in total. The molecule has 2 aromatic carbocycles. The Balaban J connectivity index is 1.55. The van der Waals surface area contributed by atoms with Crippen LogP contribution in [0.25, 0.3) is 10.2 Å². The van der Waals surface area contributed by atoms with E-state index in [0.717, 1.165) is 21.3 Å². The van der Waals surface area contributed by atoms with Crippen molar-refractivity contribution < 1.29 is 14.3 Å². The van der Waals surface area contributed by atoms with Crippen LogP contribution in [0.2, 0.25) is 0 Å². The number of ether oxygens (including phenoxy) is 1. The predicted octanol–water partition coefficient (Wildman–Crippen LogP) is 4.76. The van der Waals surface area contributed by atoms with Gasteiger partial charge in [0, 0.05) is 23.2 Å². The van der Waals surface area contributed by atoms with E-state index in [4.69, 9.17) is 4.74 Å². The molecule has 0 saturated heterocycles. The van der Waals surface area contributed by atoms with Crippen molar-refractivity contribution in [3.63, 3.8) is 0 Å². The van der Waals surface area contributed by atoms with E-state index in [9.17, 15) is 9.59 Å². The van der Waals surface area contributed by atoms with Gasteiger partial charge in [-0.2, -0.15) is 0 Å². The Hall–Kier alpha value is -3.58. The number of nitrogens with zero attached hydrogens (tertiary/aromatic N) is 2. The Morgan fingerprint density at radius 1 is 1.15 bits per heavy atom. The molecule has 1 aliphatic heterocycles. The lowest BCUT2D eigenvalue weighted by molar-refractivity contribution is -0.126. The number of para-hydroxylation sites is 1. The number of hydrogen-bond donors (Lipinski definition) is 1. The summed E-state index contributed by atoms with van der Waals surface area (Å²) in [5.74, 6) is 0.320. The SMILES string of the molecule is COc1ccccc1CNC(=O)C1(C)Cn2c(cc3ccsc32)C(=O)N1c1ccc(C)cc1. The highest BCUT2D eigenvalue weighted by atomic mass is 32.1. The van der Waals surface area contributed by atoms with Gasteiger partial charge in [0.25, 0.3) is 5.91 Å². The molecule has 6 nitrogen and oxygen atoms in total. The van der Waals surface area contributed by atoms with Crippen molar-refractivity contribution >= 4 is 39.1 Å². The normalized spacial score (nSPS) is 17.8. The van der Waals surface area contributed by atoms with Gasteiger partial charge in [-0.25, -0.2) is 0 Å². The van der Waals surface area contributed by atoms with E-state index in [-0.39, 0.29) is 11.8 Å². The van der Waals surface area contributed by atoms with Gasteiger partial charge in [0.15, 0.2) is 0 Å². The highest BCUT2D eigenvalue weighted by molar-refractivity contribution is 7.16. The number of amides is 2. The number of hydrogen-bond acceptors (Lipinski definition) is 4. The highest BCUT2D eigenvalue weighted by Gasteiger charge is 2.48. The maximum absolute atomic E-state index is 13.8. The molecule has 7 heteroatoms. The monoisotopic (exact) mass is 459 g/mol. The summed E-state index contributed by atoms with van der Waals surface area (Å²) in [5.41, 5.74) is 2.17. The summed E-state index contributed by atoms with van der Waals surface area (Å²) >= 11 is 1.58. The van der Waals surface area contributed by atoms with Crippen molar-refractivity contribution in [2.75, 3.05) is 12.0 Å². The maximum atomic E-state index is 13.8. The number of aryl methyl sites for hydroxylation is 1. The molecule has 0 spiro atoms. The number of carbonyl (C=O) groups is 2. The smallest absolute Gasteiger partial charge is 0.275 e. The fourth-order valence-corrected chi connectivity index (χ4v) is 5.41. The van der Waals surface area contributed by atoms with Gasteiger partial charge in [-0.1, -0.05) is 35.9 Å². The number of benzene rings is 2. The van der Waals surface area contributed by atoms with Crippen molar-refractivity contribution in [2.45, 2.75) is 32.5 Å². The minimum atomic E-state index is -1.11. The maximum Gasteiger partial charge on any atom is 0.275 e. The third kappa shape index (κ3) is 3.49. The van der Waals surface area contributed by atoms with Crippen molar-refractivity contribution in [3.8, 4) is 5.75 Å². The first-order chi connectivity index (χ1) is 15.9. The molecule has 0 radical (unpaired) electrons. The van der Waals surface area contributed by atoms with Crippen molar-refractivity contribution in [1.29, 1.82) is 0 Å². The summed E-state index contributed by atoms with van der Waals surface area (Å²) < 4.78 is 7.41. The average Bonchev–Trinajstić information content (AvgIpc) is 3.41. The molecule has 168 valence electrons. The minimum absolute atomic E-state index is 0.177. The fourth-order valence-electron chi connectivity index (χ4n) is 4.51. The van der Waals surface area contributed by atoms with Gasteiger partial charge in [-0.15, -0.1) is 11.3 Å². The Morgan fingerprint density at radius 2 is 1.91 bits per heavy atom. The van der Waals surface area contributed by atoms with Crippen molar-refractivity contribution in [1.82, 2.24) is 9.88 Å². The van der Waals surface area contributed by atoms with Crippen LogP contribution in [0.3, 0.4) is 0 Å². The Kier molecular flexibility index (Phi) is 5.21. The van der Waals surface area contributed by atoms with Crippen LogP contribution in [0.5, 0.6) is 5.75 Å². The quantitative estimate of drug-likeness (QED) is 0.468. The number of fused-ring (bicyclic) bond motifs is 3. The minimum Gasteiger partial charge on any atom is -0.496 e.